The van der Waals surface area contributed by atoms with Gasteiger partial charge in [0, 0.05) is 23.1 Å². The molecule has 0 spiro atoms. The van der Waals surface area contributed by atoms with Gasteiger partial charge in [0.2, 0.25) is 0 Å². The molecule has 0 amide bonds. The molecule has 0 aliphatic carbocycles. The molecule has 0 aromatic heterocycles. The van der Waals surface area contributed by atoms with E-state index in [0.29, 0.717) is 5.56 Å². The smallest absolute Gasteiger partial charge is 0.258 e. The molecule has 0 heterocycles. The summed E-state index contributed by atoms with van der Waals surface area (Å²) in [6.45, 7) is 2.04. The summed E-state index contributed by atoms with van der Waals surface area (Å²) in [6, 6.07) is 16.3. The number of nitro benzene ring substituents is 1. The SMILES string of the molecule is C[C@H](SCc1ccc(C#N)cc1)c1cccc([N+](=O)[O-])c1. The Balaban J connectivity index is 2.01. The fraction of sp³-hybridized carbons (Fsp3) is 0.188. The van der Waals surface area contributed by atoms with E-state index in [2.05, 4.69) is 6.07 Å². The van der Waals surface area contributed by atoms with Crippen LogP contribution in [0.3, 0.4) is 0 Å². The Morgan fingerprint density at radius 3 is 2.62 bits per heavy atom. The maximum Gasteiger partial charge on any atom is 0.269 e. The molecule has 4 nitrogen and oxygen atoms in total. The quantitative estimate of drug-likeness (QED) is 0.603. The highest BCUT2D eigenvalue weighted by molar-refractivity contribution is 7.98. The molecule has 106 valence electrons. The van der Waals surface area contributed by atoms with Gasteiger partial charge in [-0.1, -0.05) is 24.3 Å². The molecule has 1 atom stereocenters. The molecule has 0 fully saturated rings. The van der Waals surface area contributed by atoms with E-state index in [1.165, 1.54) is 6.07 Å². The van der Waals surface area contributed by atoms with Gasteiger partial charge in [-0.05, 0) is 30.2 Å². The van der Waals surface area contributed by atoms with Crippen molar-refractivity contribution in [1.82, 2.24) is 0 Å². The van der Waals surface area contributed by atoms with Crippen LogP contribution in [0.1, 0.15) is 28.9 Å². The fourth-order valence-electron chi connectivity index (χ4n) is 1.88. The van der Waals surface area contributed by atoms with Gasteiger partial charge in [0.15, 0.2) is 0 Å². The number of hydrogen-bond donors (Lipinski definition) is 0. The molecule has 2 aromatic rings. The fourth-order valence-corrected chi connectivity index (χ4v) is 2.86. The van der Waals surface area contributed by atoms with Gasteiger partial charge in [0.05, 0.1) is 16.6 Å². The Kier molecular flexibility index (Phi) is 4.96. The standard InChI is InChI=1S/C16H14N2O2S/c1-12(15-3-2-4-16(9-15)18(19)20)21-11-14-7-5-13(10-17)6-8-14/h2-9,12H,11H2,1H3/t12-/m0/s1. The molecular formula is C16H14N2O2S. The van der Waals surface area contributed by atoms with E-state index < -0.39 is 0 Å². The van der Waals surface area contributed by atoms with Crippen LogP contribution in [0.25, 0.3) is 0 Å². The maximum atomic E-state index is 10.8. The Hall–Kier alpha value is -2.32. The molecule has 0 aliphatic rings. The lowest BCUT2D eigenvalue weighted by Crippen LogP contribution is -1.93. The minimum atomic E-state index is -0.374. The molecule has 0 aliphatic heterocycles. The van der Waals surface area contributed by atoms with Crippen LogP contribution in [0, 0.1) is 21.4 Å². The Morgan fingerprint density at radius 1 is 1.29 bits per heavy atom. The first-order valence-corrected chi connectivity index (χ1v) is 7.50. The van der Waals surface area contributed by atoms with E-state index in [1.807, 2.05) is 25.1 Å². The zero-order chi connectivity index (χ0) is 15.2. The first kappa shape index (κ1) is 15.1. The van der Waals surface area contributed by atoms with Crippen molar-refractivity contribution in [2.24, 2.45) is 0 Å². The molecule has 0 saturated heterocycles. The Bertz CT molecular complexity index is 677. The van der Waals surface area contributed by atoms with Gasteiger partial charge >= 0.3 is 0 Å². The zero-order valence-corrected chi connectivity index (χ0v) is 12.3. The van der Waals surface area contributed by atoms with Gasteiger partial charge in [-0.2, -0.15) is 5.26 Å². The van der Waals surface area contributed by atoms with Gasteiger partial charge in [-0.15, -0.1) is 11.8 Å². The van der Waals surface area contributed by atoms with Gasteiger partial charge in [0.25, 0.3) is 5.69 Å². The summed E-state index contributed by atoms with van der Waals surface area (Å²) >= 11 is 1.71. The normalized spacial score (nSPS) is 11.6. The largest absolute Gasteiger partial charge is 0.269 e. The highest BCUT2D eigenvalue weighted by Gasteiger charge is 2.11. The van der Waals surface area contributed by atoms with Gasteiger partial charge in [-0.3, -0.25) is 10.1 Å². The van der Waals surface area contributed by atoms with Crippen LogP contribution in [-0.4, -0.2) is 4.92 Å². The summed E-state index contributed by atoms with van der Waals surface area (Å²) < 4.78 is 0. The second kappa shape index (κ2) is 6.91. The van der Waals surface area contributed by atoms with Gasteiger partial charge < -0.3 is 0 Å². The van der Waals surface area contributed by atoms with Crippen LogP contribution >= 0.6 is 11.8 Å². The van der Waals surface area contributed by atoms with Crippen LogP contribution in [0.15, 0.2) is 48.5 Å². The molecule has 2 aromatic carbocycles. The second-order valence-corrected chi connectivity index (χ2v) is 5.94. The molecule has 21 heavy (non-hydrogen) atoms. The summed E-state index contributed by atoms with van der Waals surface area (Å²) in [4.78, 5) is 10.4. The summed E-state index contributed by atoms with van der Waals surface area (Å²) in [5.74, 6) is 0.801. The third-order valence-corrected chi connectivity index (χ3v) is 4.41. The van der Waals surface area contributed by atoms with Crippen molar-refractivity contribution in [3.63, 3.8) is 0 Å². The number of nitro groups is 1. The summed E-state index contributed by atoms with van der Waals surface area (Å²) in [5, 5.41) is 19.7. The first-order chi connectivity index (χ1) is 10.1. The van der Waals surface area contributed by atoms with Crippen LogP contribution in [0.4, 0.5) is 5.69 Å². The molecular weight excluding hydrogens is 284 g/mol. The summed E-state index contributed by atoms with van der Waals surface area (Å²) in [7, 11) is 0. The summed E-state index contributed by atoms with van der Waals surface area (Å²) in [6.07, 6.45) is 0. The van der Waals surface area contributed by atoms with Crippen molar-refractivity contribution in [3.05, 3.63) is 75.3 Å². The van der Waals surface area contributed by atoms with Crippen LogP contribution in [-0.2, 0) is 5.75 Å². The number of nitrogens with zero attached hydrogens (tertiary/aromatic N) is 2. The topological polar surface area (TPSA) is 66.9 Å². The lowest BCUT2D eigenvalue weighted by atomic mass is 10.1. The van der Waals surface area contributed by atoms with E-state index in [1.54, 1.807) is 36.0 Å². The number of rotatable bonds is 5. The molecule has 5 heteroatoms. The van der Waals surface area contributed by atoms with E-state index in [9.17, 15) is 10.1 Å². The average molecular weight is 298 g/mol. The van der Waals surface area contributed by atoms with E-state index in [0.717, 1.165) is 16.9 Å². The maximum absolute atomic E-state index is 10.8. The molecule has 0 radical (unpaired) electrons. The number of nitriles is 1. The zero-order valence-electron chi connectivity index (χ0n) is 11.5. The average Bonchev–Trinajstić information content (AvgIpc) is 2.53. The monoisotopic (exact) mass is 298 g/mol. The van der Waals surface area contributed by atoms with Crippen molar-refractivity contribution >= 4 is 17.4 Å². The van der Waals surface area contributed by atoms with Gasteiger partial charge in [0.1, 0.15) is 0 Å². The molecule has 0 N–H and O–H groups in total. The molecule has 0 bridgehead atoms. The van der Waals surface area contributed by atoms with Crippen LogP contribution in [0.5, 0.6) is 0 Å². The van der Waals surface area contributed by atoms with Crippen molar-refractivity contribution in [1.29, 1.82) is 5.26 Å². The van der Waals surface area contributed by atoms with Crippen LogP contribution in [0.2, 0.25) is 0 Å². The molecule has 2 rings (SSSR count). The van der Waals surface area contributed by atoms with Crippen molar-refractivity contribution in [2.45, 2.75) is 17.9 Å². The van der Waals surface area contributed by atoms with E-state index >= 15 is 0 Å². The highest BCUT2D eigenvalue weighted by Crippen LogP contribution is 2.32. The lowest BCUT2D eigenvalue weighted by molar-refractivity contribution is -0.384. The lowest BCUT2D eigenvalue weighted by Gasteiger charge is -2.11. The third-order valence-electron chi connectivity index (χ3n) is 3.13. The predicted molar refractivity (Wildman–Crippen MR) is 84.0 cm³/mol. The predicted octanol–water partition coefficient (Wildman–Crippen LogP) is 4.46. The van der Waals surface area contributed by atoms with Crippen molar-refractivity contribution in [3.8, 4) is 6.07 Å². The van der Waals surface area contributed by atoms with Crippen molar-refractivity contribution < 1.29 is 4.92 Å². The minimum absolute atomic E-state index is 0.123. The Morgan fingerprint density at radius 2 is 2.00 bits per heavy atom. The molecule has 0 unspecified atom stereocenters. The number of non-ortho nitro benzene ring substituents is 1. The Labute approximate surface area is 127 Å². The van der Waals surface area contributed by atoms with Crippen LogP contribution < -0.4 is 0 Å². The second-order valence-electron chi connectivity index (χ2n) is 4.61. The number of hydrogen-bond acceptors (Lipinski definition) is 4. The minimum Gasteiger partial charge on any atom is -0.258 e. The third kappa shape index (κ3) is 4.07. The molecule has 0 saturated carbocycles. The van der Waals surface area contributed by atoms with E-state index in [4.69, 9.17) is 5.26 Å². The number of thioether (sulfide) groups is 1. The van der Waals surface area contributed by atoms with Gasteiger partial charge in [-0.25, -0.2) is 0 Å². The number of benzene rings is 2. The van der Waals surface area contributed by atoms with Crippen molar-refractivity contribution in [2.75, 3.05) is 0 Å². The highest BCUT2D eigenvalue weighted by atomic mass is 32.2. The van der Waals surface area contributed by atoms with E-state index in [-0.39, 0.29) is 15.9 Å². The first-order valence-electron chi connectivity index (χ1n) is 6.45. The summed E-state index contributed by atoms with van der Waals surface area (Å²) in [5.41, 5.74) is 2.85.